The molecule has 0 bridgehead atoms. The Morgan fingerprint density at radius 1 is 0.659 bits per heavy atom. The number of carboxylic acids is 5. The minimum absolute atomic E-state index is 0.101. The zero-order valence-corrected chi connectivity index (χ0v) is 23.9. The van der Waals surface area contributed by atoms with Gasteiger partial charge in [-0.15, -0.1) is 0 Å². The lowest BCUT2D eigenvalue weighted by Crippen LogP contribution is -2.51. The molecule has 13 nitrogen and oxygen atoms in total. The predicted octanol–water partition coefficient (Wildman–Crippen LogP) is 1.61. The molecule has 13 heteroatoms. The SMILES string of the molecule is CC(C)c1ccc(CC(CN(CC(=O)O)C(C)CCCCN(CC(=O)O)CC(=O)O)N(CC(=O)O)CC(=O)O)cc1. The number of hydrogen-bond acceptors (Lipinski definition) is 8. The molecule has 1 rings (SSSR count). The molecule has 41 heavy (non-hydrogen) atoms. The third-order valence-corrected chi connectivity index (χ3v) is 6.78. The number of hydrogen-bond donors (Lipinski definition) is 5. The maximum absolute atomic E-state index is 11.7. The van der Waals surface area contributed by atoms with Gasteiger partial charge in [0, 0.05) is 18.6 Å². The Bertz CT molecular complexity index is 983. The summed E-state index contributed by atoms with van der Waals surface area (Å²) in [6.07, 6.45) is 1.86. The van der Waals surface area contributed by atoms with Gasteiger partial charge >= 0.3 is 29.8 Å². The van der Waals surface area contributed by atoms with E-state index >= 15 is 0 Å². The largest absolute Gasteiger partial charge is 0.480 e. The van der Waals surface area contributed by atoms with E-state index in [4.69, 9.17) is 10.2 Å². The Morgan fingerprint density at radius 2 is 1.12 bits per heavy atom. The molecule has 0 radical (unpaired) electrons. The molecule has 2 atom stereocenters. The van der Waals surface area contributed by atoms with E-state index in [2.05, 4.69) is 13.8 Å². The van der Waals surface area contributed by atoms with Crippen molar-refractivity contribution in [3.8, 4) is 0 Å². The number of aliphatic carboxylic acids is 5. The number of benzene rings is 1. The molecule has 230 valence electrons. The number of nitrogens with zero attached hydrogens (tertiary/aromatic N) is 3. The maximum Gasteiger partial charge on any atom is 0.317 e. The predicted molar refractivity (Wildman–Crippen MR) is 149 cm³/mol. The van der Waals surface area contributed by atoms with Gasteiger partial charge in [-0.3, -0.25) is 38.7 Å². The molecule has 0 saturated carbocycles. The second-order valence-electron chi connectivity index (χ2n) is 10.6. The van der Waals surface area contributed by atoms with Crippen molar-refractivity contribution in [1.82, 2.24) is 14.7 Å². The van der Waals surface area contributed by atoms with Crippen LogP contribution in [0.3, 0.4) is 0 Å². The van der Waals surface area contributed by atoms with E-state index < -0.39 is 62.1 Å². The number of rotatable bonds is 22. The molecule has 0 heterocycles. The lowest BCUT2D eigenvalue weighted by atomic mass is 9.97. The minimum Gasteiger partial charge on any atom is -0.480 e. The third-order valence-electron chi connectivity index (χ3n) is 6.78. The van der Waals surface area contributed by atoms with Gasteiger partial charge in [-0.05, 0) is 49.8 Å². The summed E-state index contributed by atoms with van der Waals surface area (Å²) in [6, 6.07) is 6.84. The topological polar surface area (TPSA) is 196 Å². The molecule has 1 aromatic rings. The first-order valence-corrected chi connectivity index (χ1v) is 13.6. The molecule has 1 aromatic carbocycles. The van der Waals surface area contributed by atoms with Crippen LogP contribution in [0.15, 0.2) is 24.3 Å². The van der Waals surface area contributed by atoms with E-state index in [0.29, 0.717) is 31.6 Å². The summed E-state index contributed by atoms with van der Waals surface area (Å²) in [5.74, 6) is -5.45. The first kappa shape index (κ1) is 35.5. The van der Waals surface area contributed by atoms with Gasteiger partial charge in [-0.1, -0.05) is 44.5 Å². The van der Waals surface area contributed by atoms with Crippen molar-refractivity contribution in [2.24, 2.45) is 0 Å². The van der Waals surface area contributed by atoms with Crippen LogP contribution in [0.2, 0.25) is 0 Å². The van der Waals surface area contributed by atoms with Crippen LogP contribution in [0.25, 0.3) is 0 Å². The summed E-state index contributed by atoms with van der Waals surface area (Å²) in [5, 5.41) is 46.6. The highest BCUT2D eigenvalue weighted by atomic mass is 16.4. The molecule has 0 aliphatic carbocycles. The number of unbranched alkanes of at least 4 members (excludes halogenated alkanes) is 1. The van der Waals surface area contributed by atoms with Gasteiger partial charge in [0.05, 0.1) is 32.7 Å². The molecule has 0 aliphatic heterocycles. The van der Waals surface area contributed by atoms with Crippen LogP contribution in [0, 0.1) is 0 Å². The first-order valence-electron chi connectivity index (χ1n) is 13.6. The standard InChI is InChI=1S/C28H43N3O10/c1-19(2)22-9-7-21(8-10-22)12-23(31(17-27(38)39)18-28(40)41)13-30(16-26(36)37)20(3)6-4-5-11-29(14-24(32)33)15-25(34)35/h7-10,19-20,23H,4-6,11-18H2,1-3H3,(H,32,33)(H,34,35)(H,36,37)(H,38,39)(H,40,41). The number of carbonyl (C=O) groups is 5. The van der Waals surface area contributed by atoms with Crippen molar-refractivity contribution in [3.05, 3.63) is 35.4 Å². The van der Waals surface area contributed by atoms with E-state index in [1.165, 1.54) is 9.80 Å². The molecular weight excluding hydrogens is 538 g/mol. The van der Waals surface area contributed by atoms with Crippen LogP contribution in [0.5, 0.6) is 0 Å². The van der Waals surface area contributed by atoms with Gasteiger partial charge in [0.15, 0.2) is 0 Å². The Balaban J connectivity index is 3.09. The van der Waals surface area contributed by atoms with Crippen molar-refractivity contribution in [1.29, 1.82) is 0 Å². The second-order valence-corrected chi connectivity index (χ2v) is 10.6. The third kappa shape index (κ3) is 15.1. The fourth-order valence-electron chi connectivity index (χ4n) is 4.68. The molecule has 0 aliphatic rings. The maximum atomic E-state index is 11.7. The van der Waals surface area contributed by atoms with Gasteiger partial charge in [0.2, 0.25) is 0 Å². The summed E-state index contributed by atoms with van der Waals surface area (Å²) < 4.78 is 0. The molecule has 0 amide bonds. The van der Waals surface area contributed by atoms with Crippen molar-refractivity contribution < 1.29 is 49.5 Å². The van der Waals surface area contributed by atoms with E-state index in [-0.39, 0.29) is 25.7 Å². The highest BCUT2D eigenvalue weighted by Crippen LogP contribution is 2.19. The lowest BCUT2D eigenvalue weighted by molar-refractivity contribution is -0.145. The van der Waals surface area contributed by atoms with Crippen LogP contribution in [-0.4, -0.2) is 128 Å². The van der Waals surface area contributed by atoms with Gasteiger partial charge in [-0.2, -0.15) is 0 Å². The van der Waals surface area contributed by atoms with E-state index in [1.807, 2.05) is 31.2 Å². The highest BCUT2D eigenvalue weighted by Gasteiger charge is 2.28. The fraction of sp³-hybridized carbons (Fsp3) is 0.607. The molecule has 5 N–H and O–H groups in total. The quantitative estimate of drug-likeness (QED) is 0.124. The van der Waals surface area contributed by atoms with E-state index in [9.17, 15) is 39.3 Å². The van der Waals surface area contributed by atoms with Crippen LogP contribution >= 0.6 is 0 Å². The van der Waals surface area contributed by atoms with Gasteiger partial charge < -0.3 is 25.5 Å². The molecule has 0 spiro atoms. The smallest absolute Gasteiger partial charge is 0.317 e. The summed E-state index contributed by atoms with van der Waals surface area (Å²) in [7, 11) is 0. The van der Waals surface area contributed by atoms with E-state index in [0.717, 1.165) is 11.1 Å². The van der Waals surface area contributed by atoms with Crippen LogP contribution in [0.4, 0.5) is 0 Å². The van der Waals surface area contributed by atoms with Crippen LogP contribution in [0.1, 0.15) is 57.1 Å². The van der Waals surface area contributed by atoms with Gasteiger partial charge in [0.25, 0.3) is 0 Å². The van der Waals surface area contributed by atoms with E-state index in [1.54, 1.807) is 4.90 Å². The zero-order chi connectivity index (χ0) is 31.1. The van der Waals surface area contributed by atoms with Crippen LogP contribution in [-0.2, 0) is 30.4 Å². The highest BCUT2D eigenvalue weighted by molar-refractivity contribution is 5.73. The second kappa shape index (κ2) is 18.0. The Morgan fingerprint density at radius 3 is 1.56 bits per heavy atom. The molecule has 0 fully saturated rings. The van der Waals surface area contributed by atoms with Crippen molar-refractivity contribution in [2.45, 2.75) is 64.5 Å². The normalized spacial score (nSPS) is 13.0. The van der Waals surface area contributed by atoms with Crippen molar-refractivity contribution in [2.75, 3.05) is 45.8 Å². The molecule has 0 saturated heterocycles. The van der Waals surface area contributed by atoms with Gasteiger partial charge in [0.1, 0.15) is 0 Å². The molecule has 2 unspecified atom stereocenters. The van der Waals surface area contributed by atoms with Crippen molar-refractivity contribution in [3.63, 3.8) is 0 Å². The average Bonchev–Trinajstić information content (AvgIpc) is 2.83. The first-order chi connectivity index (χ1) is 19.2. The minimum atomic E-state index is -1.20. The Labute approximate surface area is 240 Å². The zero-order valence-electron chi connectivity index (χ0n) is 23.9. The summed E-state index contributed by atoms with van der Waals surface area (Å²) >= 11 is 0. The summed E-state index contributed by atoms with van der Waals surface area (Å²) in [6.45, 7) is 4.06. The Hall–Kier alpha value is -3.55. The summed E-state index contributed by atoms with van der Waals surface area (Å²) in [4.78, 5) is 61.3. The van der Waals surface area contributed by atoms with Crippen molar-refractivity contribution >= 4 is 29.8 Å². The Kier molecular flexibility index (Phi) is 15.6. The number of carboxylic acid groups (broad SMARTS) is 5. The molecular formula is C28H43N3O10. The fourth-order valence-corrected chi connectivity index (χ4v) is 4.68. The molecule has 0 aromatic heterocycles. The monoisotopic (exact) mass is 581 g/mol. The lowest BCUT2D eigenvalue weighted by Gasteiger charge is -2.36. The average molecular weight is 582 g/mol. The van der Waals surface area contributed by atoms with Crippen LogP contribution < -0.4 is 0 Å². The summed E-state index contributed by atoms with van der Waals surface area (Å²) in [5.41, 5.74) is 1.98. The van der Waals surface area contributed by atoms with Gasteiger partial charge in [-0.25, -0.2) is 0 Å².